The van der Waals surface area contributed by atoms with Crippen LogP contribution in [0.25, 0.3) is 5.76 Å². The van der Waals surface area contributed by atoms with Crippen molar-refractivity contribution in [3.63, 3.8) is 0 Å². The predicted molar refractivity (Wildman–Crippen MR) is 118 cm³/mol. The average molecular weight is 450 g/mol. The van der Waals surface area contributed by atoms with Crippen molar-refractivity contribution in [1.29, 1.82) is 0 Å². The fourth-order valence-corrected chi connectivity index (χ4v) is 4.12. The van der Waals surface area contributed by atoms with Crippen LogP contribution in [0, 0.1) is 20.8 Å². The number of nitrogens with zero attached hydrogens (tertiary/aromatic N) is 2. The van der Waals surface area contributed by atoms with Gasteiger partial charge in [-0.2, -0.15) is 0 Å². The largest absolute Gasteiger partial charge is 0.507 e. The van der Waals surface area contributed by atoms with Crippen molar-refractivity contribution in [2.24, 2.45) is 5.73 Å². The van der Waals surface area contributed by atoms with E-state index in [1.54, 1.807) is 45.0 Å². The van der Waals surface area contributed by atoms with E-state index in [0.29, 0.717) is 28.3 Å². The van der Waals surface area contributed by atoms with Crippen LogP contribution in [0.5, 0.6) is 5.75 Å². The van der Waals surface area contributed by atoms with E-state index < -0.39 is 29.4 Å². The van der Waals surface area contributed by atoms with E-state index in [-0.39, 0.29) is 22.6 Å². The molecule has 2 amide bonds. The summed E-state index contributed by atoms with van der Waals surface area (Å²) < 4.78 is 10.3. The van der Waals surface area contributed by atoms with Gasteiger partial charge in [0, 0.05) is 17.3 Å². The maximum atomic E-state index is 13.2. The molecule has 1 saturated heterocycles. The van der Waals surface area contributed by atoms with E-state index in [9.17, 15) is 19.5 Å². The van der Waals surface area contributed by atoms with E-state index in [4.69, 9.17) is 15.0 Å². The van der Waals surface area contributed by atoms with Crippen molar-refractivity contribution in [1.82, 2.24) is 10.1 Å². The zero-order valence-corrected chi connectivity index (χ0v) is 18.4. The molecule has 0 aliphatic carbocycles. The molecule has 1 atom stereocenters. The fraction of sp³-hybridized carbons (Fsp3) is 0.217. The number of anilines is 1. The molecule has 0 radical (unpaired) electrons. The van der Waals surface area contributed by atoms with Gasteiger partial charge in [0.25, 0.3) is 11.7 Å². The second kappa shape index (κ2) is 7.97. The molecule has 10 heteroatoms. The number of ether oxygens (including phenoxy) is 1. The number of hydrogen-bond acceptors (Lipinski definition) is 7. The molecule has 1 aliphatic heterocycles. The molecular formula is C23H22N4O6. The van der Waals surface area contributed by atoms with Crippen LogP contribution in [0.15, 0.2) is 40.4 Å². The van der Waals surface area contributed by atoms with Crippen molar-refractivity contribution >= 4 is 29.2 Å². The van der Waals surface area contributed by atoms with Gasteiger partial charge in [-0.1, -0.05) is 17.3 Å². The number of primary amides is 1. The maximum Gasteiger partial charge on any atom is 0.301 e. The van der Waals surface area contributed by atoms with Gasteiger partial charge >= 0.3 is 5.91 Å². The third-order valence-corrected chi connectivity index (χ3v) is 5.66. The molecule has 0 saturated carbocycles. The van der Waals surface area contributed by atoms with Crippen LogP contribution in [0.2, 0.25) is 0 Å². The summed E-state index contributed by atoms with van der Waals surface area (Å²) in [6.07, 6.45) is 0. The highest BCUT2D eigenvalue weighted by Crippen LogP contribution is 2.43. The number of aliphatic hydroxyl groups is 1. The topological polar surface area (TPSA) is 152 Å². The number of aryl methyl sites for hydroxylation is 2. The van der Waals surface area contributed by atoms with Gasteiger partial charge in [0.1, 0.15) is 23.0 Å². The standard InChI is InChI=1S/C23H22N4O6/c1-10-9-15(26-33-10)27-19(13-5-7-14(32-4)8-6-13)17(21(29)23(27)31)20(28)16-11(2)18(22(24)30)25-12(16)3/h5-9,19,25,28H,1-4H3,(H2,24,30)/b20-17+. The first-order valence-corrected chi connectivity index (χ1v) is 10.0. The SMILES string of the molecule is COc1ccc(C2/C(=C(\O)c3c(C)[nH]c(C(N)=O)c3C)C(=O)C(=O)N2c2cc(C)on2)cc1. The minimum Gasteiger partial charge on any atom is -0.507 e. The number of nitrogens with two attached hydrogens (primary N) is 1. The van der Waals surface area contributed by atoms with Gasteiger partial charge in [0.05, 0.1) is 18.7 Å². The molecule has 1 unspecified atom stereocenters. The molecule has 3 aromatic rings. The Balaban J connectivity index is 1.98. The number of carbonyl (C=O) groups excluding carboxylic acids is 3. The molecule has 4 N–H and O–H groups in total. The zero-order valence-electron chi connectivity index (χ0n) is 18.4. The molecule has 3 heterocycles. The number of Topliss-reactive ketones (excluding diaryl/α,β-unsaturated/α-hetero) is 1. The number of benzene rings is 1. The Labute approximate surface area is 188 Å². The first kappa shape index (κ1) is 21.9. The number of rotatable bonds is 5. The summed E-state index contributed by atoms with van der Waals surface area (Å²) in [6, 6.07) is 7.27. The molecule has 4 rings (SSSR count). The highest BCUT2D eigenvalue weighted by atomic mass is 16.5. The minimum atomic E-state index is -0.994. The molecular weight excluding hydrogens is 428 g/mol. The van der Waals surface area contributed by atoms with Crippen LogP contribution in [-0.2, 0) is 9.59 Å². The number of H-pyrrole nitrogens is 1. The Morgan fingerprint density at radius 3 is 2.39 bits per heavy atom. The Morgan fingerprint density at radius 1 is 1.21 bits per heavy atom. The first-order valence-electron chi connectivity index (χ1n) is 10.0. The summed E-state index contributed by atoms with van der Waals surface area (Å²) in [6.45, 7) is 4.89. The molecule has 2 aromatic heterocycles. The number of aromatic nitrogens is 2. The molecule has 33 heavy (non-hydrogen) atoms. The highest BCUT2D eigenvalue weighted by Gasteiger charge is 2.48. The number of aliphatic hydroxyl groups excluding tert-OH is 1. The van der Waals surface area contributed by atoms with Gasteiger partial charge in [0.2, 0.25) is 0 Å². The molecule has 0 spiro atoms. The zero-order chi connectivity index (χ0) is 24.0. The van der Waals surface area contributed by atoms with Crippen LogP contribution < -0.4 is 15.4 Å². The number of ketones is 1. The van der Waals surface area contributed by atoms with E-state index in [0.717, 1.165) is 0 Å². The normalized spacial score (nSPS) is 17.6. The lowest BCUT2D eigenvalue weighted by Crippen LogP contribution is -2.29. The lowest BCUT2D eigenvalue weighted by Gasteiger charge is -2.23. The lowest BCUT2D eigenvalue weighted by molar-refractivity contribution is -0.132. The number of carbonyl (C=O) groups is 3. The van der Waals surface area contributed by atoms with Gasteiger partial charge in [0.15, 0.2) is 5.82 Å². The second-order valence-corrected chi connectivity index (χ2v) is 7.73. The van der Waals surface area contributed by atoms with Crippen LogP contribution >= 0.6 is 0 Å². The van der Waals surface area contributed by atoms with E-state index in [1.165, 1.54) is 18.1 Å². The maximum absolute atomic E-state index is 13.2. The quantitative estimate of drug-likeness (QED) is 0.307. The summed E-state index contributed by atoms with van der Waals surface area (Å²) >= 11 is 0. The van der Waals surface area contributed by atoms with E-state index >= 15 is 0 Å². The van der Waals surface area contributed by atoms with Crippen molar-refractivity contribution in [2.75, 3.05) is 12.0 Å². The Hall–Kier alpha value is -4.34. The fourth-order valence-electron chi connectivity index (χ4n) is 4.12. The minimum absolute atomic E-state index is 0.108. The summed E-state index contributed by atoms with van der Waals surface area (Å²) in [7, 11) is 1.52. The third kappa shape index (κ3) is 3.45. The summed E-state index contributed by atoms with van der Waals surface area (Å²) in [5, 5.41) is 15.2. The van der Waals surface area contributed by atoms with Gasteiger partial charge in [-0.25, -0.2) is 0 Å². The highest BCUT2D eigenvalue weighted by molar-refractivity contribution is 6.51. The predicted octanol–water partition coefficient (Wildman–Crippen LogP) is 2.66. The molecule has 1 fully saturated rings. The van der Waals surface area contributed by atoms with E-state index in [1.807, 2.05) is 0 Å². The molecule has 0 bridgehead atoms. The third-order valence-electron chi connectivity index (χ3n) is 5.66. The number of aromatic amines is 1. The van der Waals surface area contributed by atoms with Gasteiger partial charge < -0.3 is 25.1 Å². The summed E-state index contributed by atoms with van der Waals surface area (Å²) in [5.41, 5.74) is 6.95. The van der Waals surface area contributed by atoms with Crippen LogP contribution in [0.4, 0.5) is 5.82 Å². The first-order chi connectivity index (χ1) is 15.6. The van der Waals surface area contributed by atoms with E-state index in [2.05, 4.69) is 10.1 Å². The molecule has 10 nitrogen and oxygen atoms in total. The number of hydrogen-bond donors (Lipinski definition) is 3. The van der Waals surface area contributed by atoms with Crippen molar-refractivity contribution in [2.45, 2.75) is 26.8 Å². The molecule has 1 aromatic carbocycles. The van der Waals surface area contributed by atoms with Gasteiger partial charge in [-0.3, -0.25) is 19.3 Å². The number of amides is 2. The lowest BCUT2D eigenvalue weighted by atomic mass is 9.94. The van der Waals surface area contributed by atoms with Crippen LogP contribution in [0.3, 0.4) is 0 Å². The Bertz CT molecular complexity index is 1320. The van der Waals surface area contributed by atoms with Gasteiger partial charge in [-0.15, -0.1) is 0 Å². The van der Waals surface area contributed by atoms with Crippen molar-refractivity contribution < 1.29 is 28.8 Å². The average Bonchev–Trinajstić information content (AvgIpc) is 3.42. The van der Waals surface area contributed by atoms with Crippen molar-refractivity contribution in [3.8, 4) is 5.75 Å². The monoisotopic (exact) mass is 450 g/mol. The Morgan fingerprint density at radius 2 is 1.88 bits per heavy atom. The molecule has 170 valence electrons. The van der Waals surface area contributed by atoms with Crippen LogP contribution in [-0.4, -0.2) is 40.0 Å². The summed E-state index contributed by atoms with van der Waals surface area (Å²) in [4.78, 5) is 42.1. The molecule has 1 aliphatic rings. The number of nitrogens with one attached hydrogen (secondary N) is 1. The Kier molecular flexibility index (Phi) is 5.28. The summed E-state index contributed by atoms with van der Waals surface area (Å²) in [5.74, 6) is -1.73. The smallest absolute Gasteiger partial charge is 0.301 e. The van der Waals surface area contributed by atoms with Gasteiger partial charge in [-0.05, 0) is 44.0 Å². The number of methoxy groups -OCH3 is 1. The van der Waals surface area contributed by atoms with Crippen LogP contribution in [0.1, 0.15) is 44.7 Å². The second-order valence-electron chi connectivity index (χ2n) is 7.73. The van der Waals surface area contributed by atoms with Crippen molar-refractivity contribution in [3.05, 3.63) is 69.7 Å².